The number of nitrogens with zero attached hydrogens (tertiary/aromatic N) is 3. The minimum Gasteiger partial charge on any atom is -0.345 e. The Hall–Kier alpha value is -3.71. The summed E-state index contributed by atoms with van der Waals surface area (Å²) in [6, 6.07) is 18.4. The lowest BCUT2D eigenvalue weighted by Gasteiger charge is -2.16. The van der Waals surface area contributed by atoms with E-state index in [9.17, 15) is 9.59 Å². The monoisotopic (exact) mass is 418 g/mol. The third-order valence-electron chi connectivity index (χ3n) is 4.97. The molecule has 1 aromatic heterocycles. The van der Waals surface area contributed by atoms with Crippen molar-refractivity contribution in [2.45, 2.75) is 6.54 Å². The summed E-state index contributed by atoms with van der Waals surface area (Å²) in [4.78, 5) is 31.0. The van der Waals surface area contributed by atoms with Gasteiger partial charge in [0, 0.05) is 16.5 Å². The molecule has 0 fully saturated rings. The van der Waals surface area contributed by atoms with Crippen molar-refractivity contribution in [3.8, 4) is 11.4 Å². The van der Waals surface area contributed by atoms with E-state index in [-0.39, 0.29) is 30.8 Å². The average Bonchev–Trinajstić information content (AvgIpc) is 3.33. The van der Waals surface area contributed by atoms with Crippen LogP contribution in [0.3, 0.4) is 0 Å². The summed E-state index contributed by atoms with van der Waals surface area (Å²) in [6.07, 6.45) is 0. The van der Waals surface area contributed by atoms with Gasteiger partial charge < -0.3 is 9.84 Å². The molecule has 3 aromatic carbocycles. The molecule has 0 radical (unpaired) electrons. The first-order valence-corrected chi connectivity index (χ1v) is 9.67. The van der Waals surface area contributed by atoms with Crippen molar-refractivity contribution >= 4 is 39.9 Å². The quantitative estimate of drug-likeness (QED) is 0.532. The van der Waals surface area contributed by atoms with Gasteiger partial charge in [-0.2, -0.15) is 4.98 Å². The highest BCUT2D eigenvalue weighted by Gasteiger charge is 2.30. The predicted molar refractivity (Wildman–Crippen MR) is 112 cm³/mol. The van der Waals surface area contributed by atoms with Crippen LogP contribution >= 0.6 is 11.6 Å². The van der Waals surface area contributed by atoms with Crippen LogP contribution in [-0.2, 0) is 11.3 Å². The first kappa shape index (κ1) is 18.3. The van der Waals surface area contributed by atoms with Crippen molar-refractivity contribution in [3.63, 3.8) is 0 Å². The van der Waals surface area contributed by atoms with Gasteiger partial charge in [0.15, 0.2) is 0 Å². The van der Waals surface area contributed by atoms with Crippen LogP contribution in [-0.4, -0.2) is 28.5 Å². The van der Waals surface area contributed by atoms with Gasteiger partial charge in [-0.15, -0.1) is 0 Å². The molecule has 2 heterocycles. The molecule has 1 aliphatic rings. The van der Waals surface area contributed by atoms with Gasteiger partial charge in [0.1, 0.15) is 6.54 Å². The summed E-state index contributed by atoms with van der Waals surface area (Å²) < 4.78 is 5.20. The Morgan fingerprint density at radius 1 is 1.03 bits per heavy atom. The molecular formula is C22H15ClN4O3. The maximum atomic E-state index is 12.8. The van der Waals surface area contributed by atoms with Crippen molar-refractivity contribution in [1.82, 2.24) is 15.5 Å². The summed E-state index contributed by atoms with van der Waals surface area (Å²) in [5, 5.41) is 8.98. The summed E-state index contributed by atoms with van der Waals surface area (Å²) in [5.74, 6) is 0.0829. The number of hydrogen-bond donors (Lipinski definition) is 1. The average molecular weight is 419 g/mol. The molecule has 1 aliphatic heterocycles. The molecule has 7 nitrogen and oxygen atoms in total. The molecule has 8 heteroatoms. The number of hydrogen-bond acceptors (Lipinski definition) is 5. The zero-order chi connectivity index (χ0) is 20.7. The molecule has 0 atom stereocenters. The number of benzene rings is 3. The number of carbonyl (C=O) groups excluding carboxylic acids is 2. The fourth-order valence-corrected chi connectivity index (χ4v) is 3.81. The molecule has 0 aliphatic carbocycles. The lowest BCUT2D eigenvalue weighted by molar-refractivity contribution is -0.120. The fraction of sp³-hybridized carbons (Fsp3) is 0.0909. The molecule has 0 spiro atoms. The van der Waals surface area contributed by atoms with Gasteiger partial charge in [0.2, 0.25) is 17.6 Å². The third-order valence-corrected chi connectivity index (χ3v) is 5.30. The van der Waals surface area contributed by atoms with Gasteiger partial charge in [-0.25, -0.2) is 0 Å². The van der Waals surface area contributed by atoms with E-state index >= 15 is 0 Å². The Labute approximate surface area is 176 Å². The van der Waals surface area contributed by atoms with E-state index in [4.69, 9.17) is 16.1 Å². The lowest BCUT2D eigenvalue weighted by atomic mass is 10.1. The lowest BCUT2D eigenvalue weighted by Crippen LogP contribution is -2.38. The topological polar surface area (TPSA) is 88.3 Å². The van der Waals surface area contributed by atoms with Crippen molar-refractivity contribution in [2.24, 2.45) is 0 Å². The van der Waals surface area contributed by atoms with E-state index in [0.717, 1.165) is 16.5 Å². The van der Waals surface area contributed by atoms with Crippen molar-refractivity contribution in [1.29, 1.82) is 0 Å². The smallest absolute Gasteiger partial charge is 0.259 e. The van der Waals surface area contributed by atoms with Crippen LogP contribution in [0, 0.1) is 0 Å². The second-order valence-corrected chi connectivity index (χ2v) is 7.25. The van der Waals surface area contributed by atoms with E-state index in [1.165, 1.54) is 4.90 Å². The number of anilines is 1. The summed E-state index contributed by atoms with van der Waals surface area (Å²) in [7, 11) is 0. The second-order valence-electron chi connectivity index (χ2n) is 6.84. The van der Waals surface area contributed by atoms with Crippen LogP contribution in [0.5, 0.6) is 0 Å². The van der Waals surface area contributed by atoms with Crippen LogP contribution < -0.4 is 10.2 Å². The van der Waals surface area contributed by atoms with Gasteiger partial charge in [-0.1, -0.05) is 53.2 Å². The molecule has 4 aromatic rings. The molecule has 1 N–H and O–H groups in total. The Morgan fingerprint density at radius 2 is 1.80 bits per heavy atom. The zero-order valence-corrected chi connectivity index (χ0v) is 16.4. The highest BCUT2D eigenvalue weighted by molar-refractivity contribution is 6.33. The van der Waals surface area contributed by atoms with Gasteiger partial charge in [0.05, 0.1) is 17.3 Å². The Bertz CT molecular complexity index is 1300. The van der Waals surface area contributed by atoms with E-state index in [1.54, 1.807) is 18.2 Å². The van der Waals surface area contributed by atoms with E-state index in [2.05, 4.69) is 15.5 Å². The standard InChI is InChI=1S/C22H15ClN4O3/c23-16-9-2-1-7-14(16)21-25-19(30-26-21)11-24-18(28)12-27-17-10-4-6-13-5-3-8-15(20(13)17)22(27)29/h1-10H,11-12H2,(H,24,28). The molecule has 0 saturated carbocycles. The molecule has 30 heavy (non-hydrogen) atoms. The molecule has 148 valence electrons. The van der Waals surface area contributed by atoms with E-state index in [0.29, 0.717) is 22.0 Å². The third kappa shape index (κ3) is 3.09. The highest BCUT2D eigenvalue weighted by atomic mass is 35.5. The highest BCUT2D eigenvalue weighted by Crippen LogP contribution is 2.36. The van der Waals surface area contributed by atoms with Crippen molar-refractivity contribution < 1.29 is 14.1 Å². The van der Waals surface area contributed by atoms with Gasteiger partial charge in [0.25, 0.3) is 5.91 Å². The Kier molecular flexibility index (Phi) is 4.44. The van der Waals surface area contributed by atoms with E-state index in [1.807, 2.05) is 42.5 Å². The first-order valence-electron chi connectivity index (χ1n) is 9.29. The Morgan fingerprint density at radius 3 is 2.63 bits per heavy atom. The van der Waals surface area contributed by atoms with Gasteiger partial charge in [-0.05, 0) is 29.7 Å². The number of halogens is 1. The molecule has 2 amide bonds. The first-order chi connectivity index (χ1) is 14.6. The zero-order valence-electron chi connectivity index (χ0n) is 15.6. The molecule has 0 saturated heterocycles. The largest absolute Gasteiger partial charge is 0.345 e. The fourth-order valence-electron chi connectivity index (χ4n) is 3.59. The summed E-state index contributed by atoms with van der Waals surface area (Å²) >= 11 is 6.15. The molecular weight excluding hydrogens is 404 g/mol. The van der Waals surface area contributed by atoms with Crippen LogP contribution in [0.2, 0.25) is 5.02 Å². The molecule has 5 rings (SSSR count). The van der Waals surface area contributed by atoms with Crippen molar-refractivity contribution in [2.75, 3.05) is 11.4 Å². The maximum Gasteiger partial charge on any atom is 0.259 e. The van der Waals surface area contributed by atoms with Crippen LogP contribution in [0.4, 0.5) is 5.69 Å². The second kappa shape index (κ2) is 7.27. The summed E-state index contributed by atoms with van der Waals surface area (Å²) in [6.45, 7) is -0.0480. The van der Waals surface area contributed by atoms with Crippen LogP contribution in [0.1, 0.15) is 16.2 Å². The number of rotatable bonds is 5. The predicted octanol–water partition coefficient (Wildman–Crippen LogP) is 3.82. The van der Waals surface area contributed by atoms with Gasteiger partial charge in [-0.3, -0.25) is 14.5 Å². The minimum atomic E-state index is -0.328. The summed E-state index contributed by atoms with van der Waals surface area (Å²) in [5.41, 5.74) is 1.99. The molecule has 0 unspecified atom stereocenters. The minimum absolute atomic E-state index is 0.0511. The van der Waals surface area contributed by atoms with Crippen molar-refractivity contribution in [3.05, 3.63) is 77.1 Å². The maximum absolute atomic E-state index is 12.8. The SMILES string of the molecule is O=C(CN1C(=O)c2cccc3cccc1c23)NCc1nc(-c2ccccc2Cl)no1. The number of amides is 2. The Balaban J connectivity index is 1.28. The van der Waals surface area contributed by atoms with Crippen LogP contribution in [0.15, 0.2) is 65.2 Å². The number of nitrogens with one attached hydrogen (secondary N) is 1. The normalized spacial score (nSPS) is 12.6. The number of aromatic nitrogens is 2. The molecule has 0 bridgehead atoms. The van der Waals surface area contributed by atoms with Crippen LogP contribution in [0.25, 0.3) is 22.2 Å². The van der Waals surface area contributed by atoms with E-state index < -0.39 is 0 Å². The number of carbonyl (C=O) groups is 2. The van der Waals surface area contributed by atoms with Gasteiger partial charge >= 0.3 is 0 Å².